The van der Waals surface area contributed by atoms with Crippen LogP contribution >= 0.6 is 11.8 Å². The Morgan fingerprint density at radius 2 is 1.52 bits per heavy atom. The molecule has 5 heteroatoms. The first-order chi connectivity index (χ1) is 13.8. The van der Waals surface area contributed by atoms with Crippen LogP contribution in [0.4, 0.5) is 0 Å². The maximum atomic E-state index is 13.0. The van der Waals surface area contributed by atoms with Crippen molar-refractivity contribution in [3.8, 4) is 0 Å². The Hall–Kier alpha value is -2.27. The third-order valence-corrected chi connectivity index (χ3v) is 5.46. The van der Waals surface area contributed by atoms with E-state index in [9.17, 15) is 9.59 Å². The first-order valence-corrected chi connectivity index (χ1v) is 11.2. The Labute approximate surface area is 179 Å². The summed E-state index contributed by atoms with van der Waals surface area (Å²) in [6, 6.07) is 19.5. The lowest BCUT2D eigenvalue weighted by molar-refractivity contribution is -0.140. The van der Waals surface area contributed by atoms with Crippen LogP contribution in [0.2, 0.25) is 0 Å². The highest BCUT2D eigenvalue weighted by Gasteiger charge is 2.28. The van der Waals surface area contributed by atoms with E-state index in [-0.39, 0.29) is 17.4 Å². The molecule has 2 rings (SSSR count). The molecule has 0 saturated heterocycles. The van der Waals surface area contributed by atoms with Gasteiger partial charge in [0.2, 0.25) is 11.8 Å². The zero-order valence-corrected chi connectivity index (χ0v) is 18.7. The van der Waals surface area contributed by atoms with Gasteiger partial charge in [-0.2, -0.15) is 11.8 Å². The summed E-state index contributed by atoms with van der Waals surface area (Å²) in [4.78, 5) is 27.4. The van der Waals surface area contributed by atoms with Crippen LogP contribution in [-0.4, -0.2) is 34.0 Å². The maximum absolute atomic E-state index is 13.0. The zero-order chi connectivity index (χ0) is 21.3. The van der Waals surface area contributed by atoms with Gasteiger partial charge in [0.25, 0.3) is 0 Å². The van der Waals surface area contributed by atoms with Gasteiger partial charge < -0.3 is 10.2 Å². The second-order valence-electron chi connectivity index (χ2n) is 8.21. The summed E-state index contributed by atoms with van der Waals surface area (Å²) in [7, 11) is 0. The number of carbonyl (C=O) groups excluding carboxylic acids is 2. The van der Waals surface area contributed by atoms with Crippen molar-refractivity contribution in [2.24, 2.45) is 0 Å². The minimum Gasteiger partial charge on any atom is -0.350 e. The number of benzene rings is 2. The molecule has 4 nitrogen and oxygen atoms in total. The third kappa shape index (κ3) is 8.32. The first kappa shape index (κ1) is 23.0. The Kier molecular flexibility index (Phi) is 8.77. The molecule has 0 aliphatic carbocycles. The van der Waals surface area contributed by atoms with E-state index in [2.05, 4.69) is 17.4 Å². The normalized spacial score (nSPS) is 12.3. The summed E-state index contributed by atoms with van der Waals surface area (Å²) in [6.07, 6.45) is 0.414. The maximum Gasteiger partial charge on any atom is 0.242 e. The van der Waals surface area contributed by atoms with Gasteiger partial charge in [-0.3, -0.25) is 9.59 Å². The number of nitrogens with one attached hydrogen (secondary N) is 1. The van der Waals surface area contributed by atoms with E-state index in [1.807, 2.05) is 69.3 Å². The number of carbonyl (C=O) groups is 2. The van der Waals surface area contributed by atoms with Crippen LogP contribution in [0.5, 0.6) is 0 Å². The molecule has 0 aromatic heterocycles. The van der Waals surface area contributed by atoms with Gasteiger partial charge in [0.05, 0.1) is 0 Å². The van der Waals surface area contributed by atoms with Gasteiger partial charge in [0, 0.05) is 30.0 Å². The molecule has 0 spiro atoms. The van der Waals surface area contributed by atoms with Crippen LogP contribution in [0.3, 0.4) is 0 Å². The third-order valence-electron chi connectivity index (χ3n) is 4.43. The van der Waals surface area contributed by atoms with Crippen LogP contribution in [-0.2, 0) is 21.9 Å². The SMILES string of the molecule is C[C@H](C(=O)NC(C)(C)C)N(Cc1ccccc1)C(=O)CCSCc1ccccc1. The molecule has 0 unspecified atom stereocenters. The molecule has 1 atom stereocenters. The highest BCUT2D eigenvalue weighted by Crippen LogP contribution is 2.16. The van der Waals surface area contributed by atoms with E-state index in [4.69, 9.17) is 0 Å². The van der Waals surface area contributed by atoms with E-state index in [1.54, 1.807) is 23.6 Å². The molecule has 0 fully saturated rings. The second kappa shape index (κ2) is 11.1. The zero-order valence-electron chi connectivity index (χ0n) is 17.9. The van der Waals surface area contributed by atoms with Gasteiger partial charge in [-0.25, -0.2) is 0 Å². The van der Waals surface area contributed by atoms with Gasteiger partial charge in [-0.15, -0.1) is 0 Å². The highest BCUT2D eigenvalue weighted by molar-refractivity contribution is 7.98. The summed E-state index contributed by atoms with van der Waals surface area (Å²) >= 11 is 1.74. The fourth-order valence-electron chi connectivity index (χ4n) is 2.90. The molecular formula is C24H32N2O2S. The van der Waals surface area contributed by atoms with Crippen molar-refractivity contribution in [3.05, 3.63) is 71.8 Å². The molecule has 2 amide bonds. The lowest BCUT2D eigenvalue weighted by atomic mass is 10.1. The first-order valence-electron chi connectivity index (χ1n) is 10.0. The van der Waals surface area contributed by atoms with Crippen molar-refractivity contribution < 1.29 is 9.59 Å². The molecule has 29 heavy (non-hydrogen) atoms. The van der Waals surface area contributed by atoms with Gasteiger partial charge in [0.1, 0.15) is 6.04 Å². The van der Waals surface area contributed by atoms with Crippen LogP contribution in [0.1, 0.15) is 45.2 Å². The Bertz CT molecular complexity index is 772. The van der Waals surface area contributed by atoms with Crippen molar-refractivity contribution in [2.75, 3.05) is 5.75 Å². The van der Waals surface area contributed by atoms with Gasteiger partial charge in [-0.1, -0.05) is 60.7 Å². The minimum atomic E-state index is -0.527. The molecule has 0 aliphatic heterocycles. The van der Waals surface area contributed by atoms with Crippen molar-refractivity contribution in [1.29, 1.82) is 0 Å². The average Bonchev–Trinajstić information content (AvgIpc) is 2.69. The van der Waals surface area contributed by atoms with E-state index >= 15 is 0 Å². The molecule has 0 aliphatic rings. The van der Waals surface area contributed by atoms with Crippen molar-refractivity contribution >= 4 is 23.6 Å². The molecular weight excluding hydrogens is 380 g/mol. The predicted octanol–water partition coefficient (Wildman–Crippen LogP) is 4.64. The van der Waals surface area contributed by atoms with Crippen molar-refractivity contribution in [2.45, 2.75) is 58.0 Å². The van der Waals surface area contributed by atoms with Crippen LogP contribution in [0.25, 0.3) is 0 Å². The Morgan fingerprint density at radius 3 is 2.07 bits per heavy atom. The number of hydrogen-bond donors (Lipinski definition) is 1. The number of hydrogen-bond acceptors (Lipinski definition) is 3. The fourth-order valence-corrected chi connectivity index (χ4v) is 3.80. The minimum absolute atomic E-state index is 0.00553. The lowest BCUT2D eigenvalue weighted by Crippen LogP contribution is -2.52. The molecule has 1 N–H and O–H groups in total. The fraction of sp³-hybridized carbons (Fsp3) is 0.417. The van der Waals surface area contributed by atoms with E-state index < -0.39 is 6.04 Å². The summed E-state index contributed by atoms with van der Waals surface area (Å²) in [5.74, 6) is 1.49. The van der Waals surface area contributed by atoms with Gasteiger partial charge in [-0.05, 0) is 38.8 Å². The Balaban J connectivity index is 1.99. The van der Waals surface area contributed by atoms with E-state index in [0.29, 0.717) is 13.0 Å². The number of rotatable bonds is 9. The molecule has 2 aromatic carbocycles. The summed E-state index contributed by atoms with van der Waals surface area (Å²) < 4.78 is 0. The molecule has 0 saturated carbocycles. The predicted molar refractivity (Wildman–Crippen MR) is 122 cm³/mol. The van der Waals surface area contributed by atoms with Crippen LogP contribution < -0.4 is 5.32 Å². The quantitative estimate of drug-likeness (QED) is 0.610. The topological polar surface area (TPSA) is 49.4 Å². The molecule has 0 bridgehead atoms. The monoisotopic (exact) mass is 412 g/mol. The van der Waals surface area contributed by atoms with E-state index in [1.165, 1.54) is 5.56 Å². The highest BCUT2D eigenvalue weighted by atomic mass is 32.2. The summed E-state index contributed by atoms with van der Waals surface area (Å²) in [6.45, 7) is 8.07. The average molecular weight is 413 g/mol. The molecule has 0 radical (unpaired) electrons. The van der Waals surface area contributed by atoms with E-state index in [0.717, 1.165) is 17.1 Å². The lowest BCUT2D eigenvalue weighted by Gasteiger charge is -2.31. The molecule has 156 valence electrons. The smallest absolute Gasteiger partial charge is 0.242 e. The van der Waals surface area contributed by atoms with Crippen LogP contribution in [0, 0.1) is 0 Å². The van der Waals surface area contributed by atoms with Crippen molar-refractivity contribution in [3.63, 3.8) is 0 Å². The van der Waals surface area contributed by atoms with Gasteiger partial charge >= 0.3 is 0 Å². The second-order valence-corrected chi connectivity index (χ2v) is 9.32. The molecule has 0 heterocycles. The summed E-state index contributed by atoms with van der Waals surface area (Å²) in [5, 5.41) is 2.99. The largest absolute Gasteiger partial charge is 0.350 e. The number of nitrogens with zero attached hydrogens (tertiary/aromatic N) is 1. The van der Waals surface area contributed by atoms with Gasteiger partial charge in [0.15, 0.2) is 0 Å². The molecule has 2 aromatic rings. The number of amides is 2. The Morgan fingerprint density at radius 1 is 0.966 bits per heavy atom. The summed E-state index contributed by atoms with van der Waals surface area (Å²) in [5.41, 5.74) is 1.94. The standard InChI is InChI=1S/C24H32N2O2S/c1-19(23(28)25-24(2,3)4)26(17-20-11-7-5-8-12-20)22(27)15-16-29-18-21-13-9-6-10-14-21/h5-14,19H,15-18H2,1-4H3,(H,25,28)/t19-/m1/s1. The van der Waals surface area contributed by atoms with Crippen molar-refractivity contribution in [1.82, 2.24) is 10.2 Å². The number of thioether (sulfide) groups is 1. The van der Waals surface area contributed by atoms with Crippen LogP contribution in [0.15, 0.2) is 60.7 Å².